The standard InChI is InChI=1S/C25H22N2O5S/c1-17-7-9-22-19(11-17)13-20(25(28)26-22)15-27(33(29,30)21-5-3-2-4-6-21)14-18-8-10-23-24(12-18)32-16-31-23/h2-13H,14-16H2,1H3,(H,26,28). The number of nitrogens with one attached hydrogen (secondary N) is 1. The Kier molecular flexibility index (Phi) is 5.39. The van der Waals surface area contributed by atoms with E-state index in [0.29, 0.717) is 22.6 Å². The van der Waals surface area contributed by atoms with E-state index < -0.39 is 10.0 Å². The highest BCUT2D eigenvalue weighted by Crippen LogP contribution is 2.33. The van der Waals surface area contributed by atoms with Gasteiger partial charge in [0.15, 0.2) is 11.5 Å². The second kappa shape index (κ2) is 8.38. The van der Waals surface area contributed by atoms with E-state index in [4.69, 9.17) is 9.47 Å². The second-order valence-corrected chi connectivity index (χ2v) is 9.93. The molecule has 0 saturated heterocycles. The number of hydrogen-bond donors (Lipinski definition) is 1. The van der Waals surface area contributed by atoms with Gasteiger partial charge in [-0.2, -0.15) is 4.31 Å². The summed E-state index contributed by atoms with van der Waals surface area (Å²) >= 11 is 0. The minimum atomic E-state index is -3.88. The Bertz CT molecular complexity index is 1500. The lowest BCUT2D eigenvalue weighted by atomic mass is 10.1. The first-order chi connectivity index (χ1) is 15.9. The van der Waals surface area contributed by atoms with Crippen molar-refractivity contribution >= 4 is 20.9 Å². The largest absolute Gasteiger partial charge is 0.454 e. The smallest absolute Gasteiger partial charge is 0.252 e. The number of H-pyrrole nitrogens is 1. The van der Waals surface area contributed by atoms with Crippen molar-refractivity contribution in [1.29, 1.82) is 0 Å². The van der Waals surface area contributed by atoms with Crippen LogP contribution in [-0.4, -0.2) is 24.5 Å². The fourth-order valence-electron chi connectivity index (χ4n) is 3.89. The van der Waals surface area contributed by atoms with Gasteiger partial charge in [-0.3, -0.25) is 4.79 Å². The average molecular weight is 463 g/mol. The van der Waals surface area contributed by atoms with Gasteiger partial charge >= 0.3 is 0 Å². The van der Waals surface area contributed by atoms with E-state index in [0.717, 1.165) is 16.5 Å². The maximum absolute atomic E-state index is 13.6. The van der Waals surface area contributed by atoms with Crippen molar-refractivity contribution < 1.29 is 17.9 Å². The van der Waals surface area contributed by atoms with Crippen molar-refractivity contribution in [3.05, 3.63) is 99.8 Å². The zero-order chi connectivity index (χ0) is 23.0. The van der Waals surface area contributed by atoms with Gasteiger partial charge in [-0.1, -0.05) is 35.9 Å². The summed E-state index contributed by atoms with van der Waals surface area (Å²) in [5.41, 5.74) is 2.54. The van der Waals surface area contributed by atoms with Gasteiger partial charge in [0, 0.05) is 24.2 Å². The Balaban J connectivity index is 1.56. The molecule has 1 aromatic heterocycles. The van der Waals surface area contributed by atoms with E-state index in [-0.39, 0.29) is 30.3 Å². The number of hydrogen-bond acceptors (Lipinski definition) is 5. The average Bonchev–Trinajstić information content (AvgIpc) is 3.28. The van der Waals surface area contributed by atoms with Crippen molar-refractivity contribution in [2.45, 2.75) is 24.9 Å². The number of nitrogens with zero attached hydrogens (tertiary/aromatic N) is 1. The van der Waals surface area contributed by atoms with E-state index in [2.05, 4.69) is 4.98 Å². The van der Waals surface area contributed by atoms with Crippen LogP contribution >= 0.6 is 0 Å². The van der Waals surface area contributed by atoms with Gasteiger partial charge in [-0.15, -0.1) is 0 Å². The molecule has 0 amide bonds. The second-order valence-electron chi connectivity index (χ2n) is 7.99. The molecule has 0 aliphatic carbocycles. The molecule has 0 unspecified atom stereocenters. The minimum Gasteiger partial charge on any atom is -0.454 e. The van der Waals surface area contributed by atoms with E-state index in [1.165, 1.54) is 4.31 Å². The molecule has 0 bridgehead atoms. The first-order valence-corrected chi connectivity index (χ1v) is 11.9. The van der Waals surface area contributed by atoms with Crippen molar-refractivity contribution in [2.75, 3.05) is 6.79 Å². The number of sulfonamides is 1. The van der Waals surface area contributed by atoms with Crippen molar-refractivity contribution in [3.8, 4) is 11.5 Å². The maximum Gasteiger partial charge on any atom is 0.252 e. The number of benzene rings is 3. The third-order valence-corrected chi connectivity index (χ3v) is 7.41. The fourth-order valence-corrected chi connectivity index (χ4v) is 5.32. The fraction of sp³-hybridized carbons (Fsp3) is 0.160. The van der Waals surface area contributed by atoms with E-state index in [1.807, 2.05) is 25.1 Å². The highest BCUT2D eigenvalue weighted by molar-refractivity contribution is 7.89. The third-order valence-electron chi connectivity index (χ3n) is 5.60. The van der Waals surface area contributed by atoms with Gasteiger partial charge < -0.3 is 14.5 Å². The molecule has 0 fully saturated rings. The van der Waals surface area contributed by atoms with Crippen LogP contribution in [0.4, 0.5) is 0 Å². The van der Waals surface area contributed by atoms with Crippen LogP contribution in [0, 0.1) is 6.92 Å². The Labute approximate surface area is 191 Å². The lowest BCUT2D eigenvalue weighted by molar-refractivity contribution is 0.174. The summed E-state index contributed by atoms with van der Waals surface area (Å²) in [5.74, 6) is 1.20. The molecule has 7 nitrogen and oxygen atoms in total. The number of ether oxygens (including phenoxy) is 2. The molecule has 8 heteroatoms. The van der Waals surface area contributed by atoms with Crippen LogP contribution in [0.15, 0.2) is 82.5 Å². The molecular weight excluding hydrogens is 440 g/mol. The number of rotatable bonds is 6. The quantitative estimate of drug-likeness (QED) is 0.469. The van der Waals surface area contributed by atoms with Crippen LogP contribution in [0.25, 0.3) is 10.9 Å². The van der Waals surface area contributed by atoms with Gasteiger partial charge in [0.2, 0.25) is 16.8 Å². The predicted octanol–water partition coefficient (Wildman–Crippen LogP) is 3.96. The lowest BCUT2D eigenvalue weighted by Crippen LogP contribution is -2.32. The van der Waals surface area contributed by atoms with Crippen LogP contribution in [-0.2, 0) is 23.1 Å². The van der Waals surface area contributed by atoms with Crippen molar-refractivity contribution in [1.82, 2.24) is 9.29 Å². The van der Waals surface area contributed by atoms with E-state index >= 15 is 0 Å². The first kappa shape index (κ1) is 21.2. The zero-order valence-corrected chi connectivity index (χ0v) is 18.8. The lowest BCUT2D eigenvalue weighted by Gasteiger charge is -2.22. The molecule has 1 aliphatic rings. The molecule has 33 heavy (non-hydrogen) atoms. The van der Waals surface area contributed by atoms with E-state index in [9.17, 15) is 13.2 Å². The highest BCUT2D eigenvalue weighted by atomic mass is 32.2. The monoisotopic (exact) mass is 462 g/mol. The summed E-state index contributed by atoms with van der Waals surface area (Å²) in [7, 11) is -3.88. The van der Waals surface area contributed by atoms with Crippen LogP contribution in [0.3, 0.4) is 0 Å². The highest BCUT2D eigenvalue weighted by Gasteiger charge is 2.26. The Hall–Kier alpha value is -3.62. The first-order valence-electron chi connectivity index (χ1n) is 10.5. The molecule has 5 rings (SSSR count). The maximum atomic E-state index is 13.6. The van der Waals surface area contributed by atoms with Crippen LogP contribution in [0.1, 0.15) is 16.7 Å². The normalized spacial score (nSPS) is 13.0. The molecule has 168 valence electrons. The molecule has 2 heterocycles. The number of fused-ring (bicyclic) bond motifs is 2. The third kappa shape index (κ3) is 4.22. The summed E-state index contributed by atoms with van der Waals surface area (Å²) in [6, 6.07) is 21.0. The number of aromatic nitrogens is 1. The van der Waals surface area contributed by atoms with Gasteiger partial charge in [0.1, 0.15) is 0 Å². The molecule has 0 radical (unpaired) electrons. The summed E-state index contributed by atoms with van der Waals surface area (Å²) in [6.45, 7) is 2.09. The molecule has 1 aliphatic heterocycles. The molecule has 0 atom stereocenters. The van der Waals surface area contributed by atoms with Crippen LogP contribution in [0.5, 0.6) is 11.5 Å². The summed E-state index contributed by atoms with van der Waals surface area (Å²) in [6.07, 6.45) is 0. The van der Waals surface area contributed by atoms with Crippen molar-refractivity contribution in [3.63, 3.8) is 0 Å². The topological polar surface area (TPSA) is 88.7 Å². The molecule has 3 aromatic carbocycles. The van der Waals surface area contributed by atoms with Gasteiger partial charge in [0.25, 0.3) is 5.56 Å². The van der Waals surface area contributed by atoms with Gasteiger partial charge in [-0.05, 0) is 60.3 Å². The Morgan fingerprint density at radius 3 is 2.52 bits per heavy atom. The molecule has 0 spiro atoms. The number of pyridine rings is 1. The predicted molar refractivity (Wildman–Crippen MR) is 125 cm³/mol. The molecule has 4 aromatic rings. The summed E-state index contributed by atoms with van der Waals surface area (Å²) in [5, 5.41) is 0.852. The van der Waals surface area contributed by atoms with Gasteiger partial charge in [-0.25, -0.2) is 8.42 Å². The van der Waals surface area contributed by atoms with Crippen LogP contribution < -0.4 is 15.0 Å². The molecule has 1 N–H and O–H groups in total. The Morgan fingerprint density at radius 2 is 1.70 bits per heavy atom. The minimum absolute atomic E-state index is 0.0686. The SMILES string of the molecule is Cc1ccc2[nH]c(=O)c(CN(Cc3ccc4c(c3)OCO4)S(=O)(=O)c3ccccc3)cc2c1. The number of aryl methyl sites for hydroxylation is 1. The molecular formula is C25H22N2O5S. The summed E-state index contributed by atoms with van der Waals surface area (Å²) in [4.78, 5) is 15.8. The number of aromatic amines is 1. The Morgan fingerprint density at radius 1 is 0.909 bits per heavy atom. The van der Waals surface area contributed by atoms with Crippen LogP contribution in [0.2, 0.25) is 0 Å². The summed E-state index contributed by atoms with van der Waals surface area (Å²) < 4.78 is 39.2. The van der Waals surface area contributed by atoms with Crippen molar-refractivity contribution in [2.24, 2.45) is 0 Å². The zero-order valence-electron chi connectivity index (χ0n) is 17.9. The molecule has 0 saturated carbocycles. The van der Waals surface area contributed by atoms with E-state index in [1.54, 1.807) is 54.6 Å². The van der Waals surface area contributed by atoms with Gasteiger partial charge in [0.05, 0.1) is 4.90 Å².